The van der Waals surface area contributed by atoms with Crippen LogP contribution in [0.4, 0.5) is 0 Å². The molecule has 0 radical (unpaired) electrons. The minimum absolute atomic E-state index is 0.0894. The third-order valence-corrected chi connectivity index (χ3v) is 5.33. The Kier molecular flexibility index (Phi) is 5.16. The van der Waals surface area contributed by atoms with Crippen LogP contribution in [-0.4, -0.2) is 45.5 Å². The maximum absolute atomic E-state index is 12.3. The van der Waals surface area contributed by atoms with E-state index < -0.39 is 29.9 Å². The lowest BCUT2D eigenvalue weighted by atomic mass is 9.78. The van der Waals surface area contributed by atoms with Crippen LogP contribution in [0.2, 0.25) is 0 Å². The van der Waals surface area contributed by atoms with E-state index >= 15 is 0 Å². The molecule has 1 saturated heterocycles. The van der Waals surface area contributed by atoms with Crippen molar-refractivity contribution in [3.05, 3.63) is 23.9 Å². The van der Waals surface area contributed by atoms with Gasteiger partial charge in [-0.3, -0.25) is 14.3 Å². The Morgan fingerprint density at radius 1 is 1.14 bits per heavy atom. The average molecular weight is 400 g/mol. The molecule has 8 heteroatoms. The maximum atomic E-state index is 12.3. The molecule has 1 aromatic carbocycles. The summed E-state index contributed by atoms with van der Waals surface area (Å²) in [4.78, 5) is 24.4. The van der Waals surface area contributed by atoms with E-state index in [0.29, 0.717) is 16.6 Å². The molecule has 3 rings (SSSR count). The van der Waals surface area contributed by atoms with Crippen LogP contribution in [0.3, 0.4) is 0 Å². The summed E-state index contributed by atoms with van der Waals surface area (Å²) >= 11 is 0. The summed E-state index contributed by atoms with van der Waals surface area (Å²) in [6, 6.07) is 5.56. The van der Waals surface area contributed by atoms with Crippen molar-refractivity contribution in [1.29, 1.82) is 0 Å². The first-order chi connectivity index (χ1) is 13.2. The number of benzene rings is 1. The van der Waals surface area contributed by atoms with Gasteiger partial charge in [0.1, 0.15) is 17.8 Å². The Bertz CT molecular complexity index is 955. The van der Waals surface area contributed by atoms with Gasteiger partial charge in [-0.2, -0.15) is 5.10 Å². The van der Waals surface area contributed by atoms with Crippen molar-refractivity contribution in [2.24, 2.45) is 0 Å². The summed E-state index contributed by atoms with van der Waals surface area (Å²) in [5, 5.41) is 5.05. The fourth-order valence-corrected chi connectivity index (χ4v) is 3.19. The van der Waals surface area contributed by atoms with Crippen LogP contribution in [0.1, 0.15) is 65.9 Å². The van der Waals surface area contributed by atoms with Gasteiger partial charge in [0.05, 0.1) is 16.7 Å². The summed E-state index contributed by atoms with van der Waals surface area (Å²) in [6.45, 7) is 14.8. The average Bonchev–Trinajstić information content (AvgIpc) is 3.00. The number of esters is 1. The largest absolute Gasteiger partial charge is 0.494 e. The van der Waals surface area contributed by atoms with Crippen molar-refractivity contribution in [1.82, 2.24) is 9.78 Å². The van der Waals surface area contributed by atoms with E-state index in [1.54, 1.807) is 0 Å². The monoisotopic (exact) mass is 400 g/mol. The molecule has 1 fully saturated rings. The molecule has 29 heavy (non-hydrogen) atoms. The zero-order chi connectivity index (χ0) is 21.8. The number of aromatic nitrogens is 2. The number of hydrogen-bond acceptors (Lipinski definition) is 6. The number of Topliss-reactive ketones (excluding diaryl/α,β-unsaturated/α-hetero) is 1. The smallest absolute Gasteiger partial charge is 0.459 e. The van der Waals surface area contributed by atoms with Gasteiger partial charge in [-0.15, -0.1) is 0 Å². The highest BCUT2D eigenvalue weighted by atomic mass is 16.7. The molecule has 0 spiro atoms. The minimum atomic E-state index is -0.600. The van der Waals surface area contributed by atoms with E-state index in [9.17, 15) is 9.59 Å². The molecule has 2 heterocycles. The molecule has 0 amide bonds. The molecule has 0 bridgehead atoms. The maximum Gasteiger partial charge on any atom is 0.494 e. The molecule has 0 unspecified atom stereocenters. The first-order valence-corrected chi connectivity index (χ1v) is 9.79. The van der Waals surface area contributed by atoms with Gasteiger partial charge < -0.3 is 14.0 Å². The van der Waals surface area contributed by atoms with E-state index in [-0.39, 0.29) is 12.3 Å². The highest BCUT2D eigenvalue weighted by Gasteiger charge is 2.51. The van der Waals surface area contributed by atoms with Gasteiger partial charge >= 0.3 is 13.1 Å². The predicted octanol–water partition coefficient (Wildman–Crippen LogP) is 2.88. The topological polar surface area (TPSA) is 79.7 Å². The zero-order valence-electron chi connectivity index (χ0n) is 18.5. The van der Waals surface area contributed by atoms with Gasteiger partial charge in [0.2, 0.25) is 0 Å². The SMILES string of the molecule is CC(=O)c1nn(CC(=O)OC(C)(C)C)c2cc(B3OC(C)(C)C(C)(C)O3)ccc12. The number of carbonyl (C=O) groups is 2. The Hall–Kier alpha value is -2.19. The summed E-state index contributed by atoms with van der Waals surface area (Å²) in [7, 11) is -0.546. The number of rotatable bonds is 4. The molecule has 7 nitrogen and oxygen atoms in total. The molecule has 0 atom stereocenters. The third-order valence-electron chi connectivity index (χ3n) is 5.33. The van der Waals surface area contributed by atoms with Crippen LogP contribution in [0.5, 0.6) is 0 Å². The number of nitrogens with zero attached hydrogens (tertiary/aromatic N) is 2. The van der Waals surface area contributed by atoms with Gasteiger partial charge in [-0.25, -0.2) is 0 Å². The van der Waals surface area contributed by atoms with Crippen molar-refractivity contribution < 1.29 is 23.6 Å². The van der Waals surface area contributed by atoms with E-state index in [1.807, 2.05) is 66.7 Å². The van der Waals surface area contributed by atoms with Gasteiger partial charge in [0, 0.05) is 12.3 Å². The van der Waals surface area contributed by atoms with Gasteiger partial charge in [0.15, 0.2) is 5.78 Å². The number of fused-ring (bicyclic) bond motifs is 1. The summed E-state index contributed by atoms with van der Waals surface area (Å²) in [5.41, 5.74) is 0.257. The number of hydrogen-bond donors (Lipinski definition) is 0. The second kappa shape index (κ2) is 6.95. The third kappa shape index (κ3) is 4.23. The fraction of sp³-hybridized carbons (Fsp3) is 0.571. The van der Waals surface area contributed by atoms with E-state index in [1.165, 1.54) is 11.6 Å². The van der Waals surface area contributed by atoms with Crippen molar-refractivity contribution in [3.8, 4) is 0 Å². The highest BCUT2D eigenvalue weighted by Crippen LogP contribution is 2.36. The Balaban J connectivity index is 2.00. The first kappa shape index (κ1) is 21.5. The van der Waals surface area contributed by atoms with Crippen LogP contribution in [0, 0.1) is 0 Å². The molecule has 2 aromatic rings. The summed E-state index contributed by atoms with van der Waals surface area (Å²) in [6.07, 6.45) is 0. The van der Waals surface area contributed by atoms with Crippen LogP contribution < -0.4 is 5.46 Å². The molecule has 156 valence electrons. The lowest BCUT2D eigenvalue weighted by Crippen LogP contribution is -2.41. The minimum Gasteiger partial charge on any atom is -0.459 e. The van der Waals surface area contributed by atoms with Crippen LogP contribution in [0.25, 0.3) is 10.9 Å². The number of ether oxygens (including phenoxy) is 1. The van der Waals surface area contributed by atoms with Crippen LogP contribution in [-0.2, 0) is 25.4 Å². The first-order valence-electron chi connectivity index (χ1n) is 9.79. The summed E-state index contributed by atoms with van der Waals surface area (Å²) in [5.74, 6) is -0.584. The number of carbonyl (C=O) groups excluding carboxylic acids is 2. The van der Waals surface area contributed by atoms with Crippen molar-refractivity contribution >= 4 is 35.2 Å². The number of ketones is 1. The second-order valence-electron chi connectivity index (χ2n) is 9.51. The van der Waals surface area contributed by atoms with Gasteiger partial charge in [-0.05, 0) is 60.0 Å². The van der Waals surface area contributed by atoms with Crippen LogP contribution >= 0.6 is 0 Å². The molecule has 1 aliphatic heterocycles. The zero-order valence-corrected chi connectivity index (χ0v) is 18.5. The normalized spacial score (nSPS) is 18.3. The molecule has 1 aromatic heterocycles. The molecule has 1 aliphatic rings. The summed E-state index contributed by atoms with van der Waals surface area (Å²) < 4.78 is 19.2. The Morgan fingerprint density at radius 3 is 2.24 bits per heavy atom. The van der Waals surface area contributed by atoms with Gasteiger partial charge in [-0.1, -0.05) is 12.1 Å². The molecule has 0 N–H and O–H groups in total. The molecular weight excluding hydrogens is 371 g/mol. The fourth-order valence-electron chi connectivity index (χ4n) is 3.19. The lowest BCUT2D eigenvalue weighted by Gasteiger charge is -2.32. The Labute approximate surface area is 171 Å². The van der Waals surface area contributed by atoms with E-state index in [4.69, 9.17) is 14.0 Å². The molecular formula is C21H29BN2O5. The van der Waals surface area contributed by atoms with Crippen molar-refractivity contribution in [2.75, 3.05) is 0 Å². The van der Waals surface area contributed by atoms with E-state index in [2.05, 4.69) is 5.10 Å². The van der Waals surface area contributed by atoms with Gasteiger partial charge in [0.25, 0.3) is 0 Å². The van der Waals surface area contributed by atoms with Crippen molar-refractivity contribution in [3.63, 3.8) is 0 Å². The molecule has 0 aliphatic carbocycles. The van der Waals surface area contributed by atoms with E-state index in [0.717, 1.165) is 5.46 Å². The quantitative estimate of drug-likeness (QED) is 0.446. The Morgan fingerprint density at radius 2 is 1.72 bits per heavy atom. The molecule has 0 saturated carbocycles. The lowest BCUT2D eigenvalue weighted by molar-refractivity contribution is -0.155. The highest BCUT2D eigenvalue weighted by molar-refractivity contribution is 6.62. The van der Waals surface area contributed by atoms with Crippen LogP contribution in [0.15, 0.2) is 18.2 Å². The second-order valence-corrected chi connectivity index (χ2v) is 9.51. The predicted molar refractivity (Wildman–Crippen MR) is 111 cm³/mol. The standard InChI is InChI=1S/C21H29BN2O5/c1-13(25)18-15-10-9-14(22-28-20(5,6)21(7,8)29-22)11-16(15)24(23-18)12-17(26)27-19(2,3)4/h9-11H,12H2,1-8H3. The van der Waals surface area contributed by atoms with Crippen molar-refractivity contribution in [2.45, 2.75) is 78.7 Å².